The zero-order chi connectivity index (χ0) is 89.8. The fraction of sp³-hybridized carbons (Fsp3) is 0.941. The number of carbonyl (C=O) groups is 4. The molecule has 4 amide bonds. The third kappa shape index (κ3) is 22.0. The van der Waals surface area contributed by atoms with E-state index in [4.69, 9.17) is 90.0 Å². The molecule has 0 aliphatic carbocycles. The van der Waals surface area contributed by atoms with Gasteiger partial charge in [-0.2, -0.15) is 0 Å². The molecule has 10 aliphatic heterocycles. The fourth-order valence-electron chi connectivity index (χ4n) is 15.8. The van der Waals surface area contributed by atoms with Crippen LogP contribution >= 0.6 is 0 Å². The van der Waals surface area contributed by atoms with Gasteiger partial charge in [0.05, 0.1) is 65.6 Å². The molecule has 50 atom stereocenters. The van der Waals surface area contributed by atoms with E-state index < -0.39 is 390 Å². The van der Waals surface area contributed by atoms with Crippen molar-refractivity contribution >= 4 is 23.6 Å². The van der Waals surface area contributed by atoms with Gasteiger partial charge in [-0.15, -0.1) is 0 Å². The SMILES string of the molecule is CC(=O)N[C@@H]1[C@H](O[C@@H]2[C@@H](O[C@@H]3[C@H](O)[C@H](O[C@H]4[C@H](O)[C@@H](NC(C)=O)[C@H](O[C@H]5[C@H](O)[C@@H](NC(C)=O)[C@H](O)O[C@@H]5CO[C@H]5O[C@H](C)[C@H](O)[C@H](O)[C@H]5O)O[C@@H]4CO)O[C@H](CO[C@H]4O[C@H](CO)[C@@H](O)[C@H](O)[C@@H]4O[C@@H]4O[C@H](CO)[C@@H](O[C@@H]5O[C@H](CO)[C@H](O)[C@H](O)[C@H]5O)[C@H](O)[C@H]4NC(C)=O)[C@H]3O)O[C@H](CO)[C@@H](O)[C@@H]2O)O[C@H](CO)[C@@H](O[C@@H]2O[C@H](CO)[C@H](O)[C@H](O)[C@H]2O)[C@@H]1O. The summed E-state index contributed by atoms with van der Waals surface area (Å²) in [6.07, 6.45) is -95.2. The van der Waals surface area contributed by atoms with Crippen LogP contribution in [-0.2, 0) is 109 Å². The van der Waals surface area contributed by atoms with Crippen molar-refractivity contribution in [3.05, 3.63) is 0 Å². The lowest BCUT2D eigenvalue weighted by Crippen LogP contribution is -2.71. The van der Waals surface area contributed by atoms with E-state index in [2.05, 4.69) is 21.3 Å². The van der Waals surface area contributed by atoms with Crippen molar-refractivity contribution in [2.24, 2.45) is 0 Å². The highest BCUT2D eigenvalue weighted by atomic mass is 16.8. The van der Waals surface area contributed by atoms with Crippen LogP contribution in [0.25, 0.3) is 0 Å². The average molecular weight is 1790 g/mol. The second-order valence-corrected chi connectivity index (χ2v) is 31.0. The Hall–Kier alpha value is -3.96. The third-order valence-corrected chi connectivity index (χ3v) is 22.4. The molecule has 54 nitrogen and oxygen atoms in total. The summed E-state index contributed by atoms with van der Waals surface area (Å²) in [5.74, 6) is -3.76. The predicted octanol–water partition coefficient (Wildman–Crippen LogP) is -21.2. The number of aliphatic hydroxyl groups excluding tert-OH is 27. The molecule has 706 valence electrons. The van der Waals surface area contributed by atoms with Crippen molar-refractivity contribution in [1.29, 1.82) is 0 Å². The number of amides is 4. The molecule has 10 rings (SSSR count). The lowest BCUT2D eigenvalue weighted by atomic mass is 9.93. The van der Waals surface area contributed by atoms with Gasteiger partial charge >= 0.3 is 0 Å². The van der Waals surface area contributed by atoms with Crippen LogP contribution < -0.4 is 21.3 Å². The molecule has 10 saturated heterocycles. The molecule has 54 heteroatoms. The molecule has 0 aromatic carbocycles. The lowest BCUT2D eigenvalue weighted by Gasteiger charge is -2.51. The summed E-state index contributed by atoms with van der Waals surface area (Å²) < 4.78 is 113. The predicted molar refractivity (Wildman–Crippen MR) is 375 cm³/mol. The van der Waals surface area contributed by atoms with Crippen molar-refractivity contribution in [3.8, 4) is 0 Å². The van der Waals surface area contributed by atoms with Gasteiger partial charge in [-0.25, -0.2) is 0 Å². The maximum absolute atomic E-state index is 13.3. The zero-order valence-corrected chi connectivity index (χ0v) is 65.7. The molecule has 0 spiro atoms. The molecule has 10 fully saturated rings. The van der Waals surface area contributed by atoms with Gasteiger partial charge < -0.3 is 249 Å². The summed E-state index contributed by atoms with van der Waals surface area (Å²) in [4.78, 5) is 51.6. The number of rotatable bonds is 31. The highest BCUT2D eigenvalue weighted by molar-refractivity contribution is 5.74. The van der Waals surface area contributed by atoms with E-state index in [9.17, 15) is 157 Å². The first-order valence-electron chi connectivity index (χ1n) is 39.0. The molecule has 0 unspecified atom stereocenters. The maximum Gasteiger partial charge on any atom is 0.217 e. The van der Waals surface area contributed by atoms with Gasteiger partial charge in [-0.1, -0.05) is 0 Å². The lowest BCUT2D eigenvalue weighted by molar-refractivity contribution is -0.399. The van der Waals surface area contributed by atoms with E-state index in [1.165, 1.54) is 6.92 Å². The van der Waals surface area contributed by atoms with Gasteiger partial charge in [-0.05, 0) is 6.92 Å². The van der Waals surface area contributed by atoms with Crippen LogP contribution in [0.15, 0.2) is 0 Å². The zero-order valence-electron chi connectivity index (χ0n) is 65.7. The number of hydrogen-bond acceptors (Lipinski definition) is 50. The summed E-state index contributed by atoms with van der Waals surface area (Å²) in [5, 5.41) is 310. The van der Waals surface area contributed by atoms with E-state index >= 15 is 0 Å². The second-order valence-electron chi connectivity index (χ2n) is 31.0. The Morgan fingerprint density at radius 1 is 0.230 bits per heavy atom. The highest BCUT2D eigenvalue weighted by Gasteiger charge is 2.62. The molecule has 0 bridgehead atoms. The number of hydrogen-bond donors (Lipinski definition) is 31. The van der Waals surface area contributed by atoms with Crippen molar-refractivity contribution in [2.75, 3.05) is 59.5 Å². The average Bonchev–Trinajstić information content (AvgIpc) is 0.775. The molecule has 0 radical (unpaired) electrons. The Kier molecular flexibility index (Phi) is 35.8. The first kappa shape index (κ1) is 100. The van der Waals surface area contributed by atoms with Crippen molar-refractivity contribution in [1.82, 2.24) is 21.3 Å². The van der Waals surface area contributed by atoms with Crippen LogP contribution in [0.5, 0.6) is 0 Å². The quantitative estimate of drug-likeness (QED) is 0.0306. The molecular weight excluding hydrogens is 1670 g/mol. The van der Waals surface area contributed by atoms with Gasteiger partial charge in [0, 0.05) is 27.7 Å². The largest absolute Gasteiger partial charge is 0.394 e. The van der Waals surface area contributed by atoms with E-state index in [1.54, 1.807) is 0 Å². The summed E-state index contributed by atoms with van der Waals surface area (Å²) in [7, 11) is 0. The molecule has 31 N–H and O–H groups in total. The first-order valence-corrected chi connectivity index (χ1v) is 39.0. The Bertz CT molecular complexity index is 3290. The monoisotopic (exact) mass is 1790 g/mol. The van der Waals surface area contributed by atoms with Gasteiger partial charge in [0.2, 0.25) is 23.6 Å². The first-order chi connectivity index (χ1) is 57.7. The smallest absolute Gasteiger partial charge is 0.217 e. The van der Waals surface area contributed by atoms with Crippen molar-refractivity contribution in [2.45, 2.75) is 341 Å². The third-order valence-electron chi connectivity index (χ3n) is 22.4. The Labute approximate surface area is 691 Å². The summed E-state index contributed by atoms with van der Waals surface area (Å²) in [6, 6.07) is -7.69. The van der Waals surface area contributed by atoms with Crippen molar-refractivity contribution < 1.29 is 247 Å². The van der Waals surface area contributed by atoms with Gasteiger partial charge in [-0.3, -0.25) is 19.2 Å². The van der Waals surface area contributed by atoms with Gasteiger partial charge in [0.1, 0.15) is 238 Å². The van der Waals surface area contributed by atoms with Crippen molar-refractivity contribution in [3.63, 3.8) is 0 Å². The number of nitrogens with one attached hydrogen (secondary N) is 4. The minimum atomic E-state index is -2.63. The Morgan fingerprint density at radius 3 is 0.893 bits per heavy atom. The van der Waals surface area contributed by atoms with Crippen LogP contribution in [0.4, 0.5) is 0 Å². The van der Waals surface area contributed by atoms with Crippen LogP contribution in [-0.4, -0.2) is 528 Å². The molecule has 0 saturated carbocycles. The van der Waals surface area contributed by atoms with E-state index in [0.29, 0.717) is 0 Å². The Morgan fingerprint density at radius 2 is 0.500 bits per heavy atom. The van der Waals surface area contributed by atoms with Gasteiger partial charge in [0.15, 0.2) is 62.9 Å². The minimum Gasteiger partial charge on any atom is -0.394 e. The summed E-state index contributed by atoms with van der Waals surface area (Å²) in [5.41, 5.74) is 0. The number of aliphatic hydroxyl groups is 27. The van der Waals surface area contributed by atoms with Gasteiger partial charge in [0.25, 0.3) is 0 Å². The fourth-order valence-corrected chi connectivity index (χ4v) is 15.8. The summed E-state index contributed by atoms with van der Waals surface area (Å²) in [6.45, 7) is -4.83. The van der Waals surface area contributed by atoms with E-state index in [1.807, 2.05) is 0 Å². The summed E-state index contributed by atoms with van der Waals surface area (Å²) >= 11 is 0. The molecule has 0 aromatic rings. The Balaban J connectivity index is 0.983. The molecule has 10 heterocycles. The molecule has 122 heavy (non-hydrogen) atoms. The van der Waals surface area contributed by atoms with Crippen LogP contribution in [0.1, 0.15) is 34.6 Å². The molecular formula is C68H114N4O50. The number of carbonyl (C=O) groups excluding carboxylic acids is 4. The topological polar surface area (TPSA) is 838 Å². The normalized spacial score (nSPS) is 49.7. The van der Waals surface area contributed by atoms with E-state index in [0.717, 1.165) is 27.7 Å². The maximum atomic E-state index is 13.3. The second kappa shape index (κ2) is 43.6. The minimum absolute atomic E-state index is 0.846. The standard InChI is InChI=1S/C68H114N4O50/c1-15-33(84)43(94)48(99)63(106-15)104-14-28-55(39(90)29(59(103)107-28)69-16(2)80)116-60-30(70-17(3)81)40(91)54(26(12-79)112-60)119-66-51(102)56(120-68-58(47(98)37(88)23(9-76)111-68)122-62-32(72-19(5)83)42(93)53(25(11-78)114-62)118-65-50(101)45(96)35(86)21(7-74)109-65)38(89)27(115-66)13-105-67-57(46(97)36(87)22(8-75)110-67)121-61-31(71-18(4)82)41(92)52(24(10-77)113-61)117-64-49(100)44(95)34(85)20(6-73)108-64/h15,20-68,73-79,84-103H,6-14H2,1-5H3,(H,69,80)(H,70,81)(H,71,82)(H,72,83)/t15-,20-,21-,22-,23-,24-,25-,26-,27-,28-,29-,30-,31-,32+,33+,34+,35+,36-,37-,38-,39-,40-,41-,42-,43+,44+,45+,46+,47+,48-,49-,50-,51+,52-,53-,54-,55-,56+,57+,58+,59-,60+,61+,62+,63+,64+,65+,66+,67+,68-/m1/s1. The molecule has 10 aliphatic rings. The highest BCUT2D eigenvalue weighted by Crippen LogP contribution is 2.41. The number of ether oxygens (including phenoxy) is 19. The molecule has 0 aromatic heterocycles. The van der Waals surface area contributed by atoms with E-state index in [-0.39, 0.29) is 0 Å². The van der Waals surface area contributed by atoms with Crippen LogP contribution in [0.2, 0.25) is 0 Å². The van der Waals surface area contributed by atoms with Crippen LogP contribution in [0.3, 0.4) is 0 Å². The van der Waals surface area contributed by atoms with Crippen LogP contribution in [0, 0.1) is 0 Å².